The summed E-state index contributed by atoms with van der Waals surface area (Å²) >= 11 is 0. The number of hydrogen-bond donors (Lipinski definition) is 1. The monoisotopic (exact) mass is 355 g/mol. The number of benzene rings is 2. The molecule has 1 unspecified atom stereocenters. The summed E-state index contributed by atoms with van der Waals surface area (Å²) in [4.78, 5) is 2.43. The average molecular weight is 355 g/mol. The van der Waals surface area contributed by atoms with Crippen LogP contribution in [-0.2, 0) is 24.4 Å². The smallest absolute Gasteiger partial charge is 0.124 e. The highest BCUT2D eigenvalue weighted by atomic mass is 16.5. The van der Waals surface area contributed by atoms with E-state index in [4.69, 9.17) is 9.47 Å². The molecule has 1 N–H and O–H groups in total. The summed E-state index contributed by atoms with van der Waals surface area (Å²) in [5, 5.41) is 9.59. The number of rotatable bonds is 8. The Morgan fingerprint density at radius 1 is 1.12 bits per heavy atom. The second-order valence-corrected chi connectivity index (χ2v) is 7.09. The van der Waals surface area contributed by atoms with Crippen molar-refractivity contribution in [3.8, 4) is 5.75 Å². The van der Waals surface area contributed by atoms with Crippen molar-refractivity contribution in [1.82, 2.24) is 4.90 Å². The predicted molar refractivity (Wildman–Crippen MR) is 103 cm³/mol. The molecule has 0 aromatic heterocycles. The number of nitrogens with zero attached hydrogens (tertiary/aromatic N) is 1. The highest BCUT2D eigenvalue weighted by Crippen LogP contribution is 2.22. The van der Waals surface area contributed by atoms with Gasteiger partial charge in [0, 0.05) is 31.8 Å². The van der Waals surface area contributed by atoms with Crippen molar-refractivity contribution >= 4 is 0 Å². The van der Waals surface area contributed by atoms with Gasteiger partial charge in [-0.15, -0.1) is 0 Å². The Morgan fingerprint density at radius 2 is 1.85 bits per heavy atom. The van der Waals surface area contributed by atoms with Gasteiger partial charge in [0.05, 0.1) is 19.8 Å². The van der Waals surface area contributed by atoms with Gasteiger partial charge in [-0.2, -0.15) is 0 Å². The fourth-order valence-electron chi connectivity index (χ4n) is 3.53. The first-order valence-electron chi connectivity index (χ1n) is 9.34. The molecule has 1 aliphatic heterocycles. The van der Waals surface area contributed by atoms with Crippen LogP contribution in [0, 0.1) is 6.92 Å². The molecule has 0 spiro atoms. The van der Waals surface area contributed by atoms with Gasteiger partial charge in [0.25, 0.3) is 0 Å². The molecule has 1 atom stereocenters. The third-order valence-electron chi connectivity index (χ3n) is 4.93. The molecule has 1 saturated heterocycles. The van der Waals surface area contributed by atoms with Crippen LogP contribution in [0.4, 0.5) is 0 Å². The molecule has 0 amide bonds. The molecule has 4 heteroatoms. The summed E-state index contributed by atoms with van der Waals surface area (Å²) in [5.74, 6) is 0.737. The van der Waals surface area contributed by atoms with Gasteiger partial charge in [-0.3, -0.25) is 4.90 Å². The molecule has 4 nitrogen and oxygen atoms in total. The fourth-order valence-corrected chi connectivity index (χ4v) is 3.53. The van der Waals surface area contributed by atoms with Gasteiger partial charge in [0.15, 0.2) is 0 Å². The molecule has 0 radical (unpaired) electrons. The second kappa shape index (κ2) is 9.17. The number of aliphatic hydroxyl groups excluding tert-OH is 1. The molecule has 1 fully saturated rings. The summed E-state index contributed by atoms with van der Waals surface area (Å²) in [6.07, 6.45) is 2.60. The zero-order valence-corrected chi connectivity index (χ0v) is 15.8. The van der Waals surface area contributed by atoms with E-state index in [1.807, 2.05) is 12.1 Å². The lowest BCUT2D eigenvalue weighted by Gasteiger charge is -2.26. The Balaban J connectivity index is 1.74. The normalized spacial score (nSPS) is 17.0. The molecule has 0 saturated carbocycles. The van der Waals surface area contributed by atoms with Crippen molar-refractivity contribution in [3.05, 3.63) is 64.7 Å². The quantitative estimate of drug-likeness (QED) is 0.784. The Kier molecular flexibility index (Phi) is 6.67. The van der Waals surface area contributed by atoms with E-state index in [0.29, 0.717) is 6.10 Å². The van der Waals surface area contributed by atoms with Crippen LogP contribution in [0.3, 0.4) is 0 Å². The van der Waals surface area contributed by atoms with Crippen LogP contribution in [0.2, 0.25) is 0 Å². The summed E-state index contributed by atoms with van der Waals surface area (Å²) < 4.78 is 11.2. The number of aryl methyl sites for hydroxylation is 1. The minimum atomic E-state index is -0.0132. The van der Waals surface area contributed by atoms with E-state index in [-0.39, 0.29) is 6.61 Å². The minimum absolute atomic E-state index is 0.0132. The molecule has 2 aromatic carbocycles. The van der Waals surface area contributed by atoms with E-state index >= 15 is 0 Å². The molecule has 140 valence electrons. The first-order chi connectivity index (χ1) is 12.7. The fraction of sp³-hybridized carbons (Fsp3) is 0.455. The van der Waals surface area contributed by atoms with E-state index in [1.165, 1.54) is 16.7 Å². The molecule has 0 aliphatic carbocycles. The van der Waals surface area contributed by atoms with Crippen LogP contribution in [0.5, 0.6) is 5.75 Å². The molecular formula is C22H29NO3. The van der Waals surface area contributed by atoms with Crippen LogP contribution in [0.15, 0.2) is 42.5 Å². The van der Waals surface area contributed by atoms with Gasteiger partial charge in [-0.05, 0) is 43.0 Å². The van der Waals surface area contributed by atoms with Gasteiger partial charge in [-0.1, -0.05) is 35.9 Å². The second-order valence-electron chi connectivity index (χ2n) is 7.09. The maximum absolute atomic E-state index is 9.59. The molecule has 26 heavy (non-hydrogen) atoms. The van der Waals surface area contributed by atoms with Crippen molar-refractivity contribution in [1.29, 1.82) is 0 Å². The Hall–Kier alpha value is -1.88. The number of aliphatic hydroxyl groups is 1. The van der Waals surface area contributed by atoms with Gasteiger partial charge < -0.3 is 14.6 Å². The van der Waals surface area contributed by atoms with Crippen LogP contribution in [0.25, 0.3) is 0 Å². The largest absolute Gasteiger partial charge is 0.496 e. The zero-order valence-electron chi connectivity index (χ0n) is 15.8. The van der Waals surface area contributed by atoms with E-state index in [9.17, 15) is 5.11 Å². The standard InChI is InChI=1S/C22H29NO3/c1-17-5-7-18(8-6-17)13-23(15-21-4-3-11-26-21)14-19-9-10-22(25-2)20(12-19)16-24/h5-10,12,21,24H,3-4,11,13-16H2,1-2H3. The minimum Gasteiger partial charge on any atom is -0.496 e. The third kappa shape index (κ3) is 5.07. The zero-order chi connectivity index (χ0) is 18.4. The summed E-state index contributed by atoms with van der Waals surface area (Å²) in [6.45, 7) is 5.61. The first-order valence-corrected chi connectivity index (χ1v) is 9.34. The van der Waals surface area contributed by atoms with Crippen LogP contribution in [-0.4, -0.2) is 36.4 Å². The van der Waals surface area contributed by atoms with Crippen molar-refractivity contribution < 1.29 is 14.6 Å². The first kappa shape index (κ1) is 18.9. The number of methoxy groups -OCH3 is 1. The Bertz CT molecular complexity index is 693. The van der Waals surface area contributed by atoms with E-state index < -0.39 is 0 Å². The number of hydrogen-bond acceptors (Lipinski definition) is 4. The summed E-state index contributed by atoms with van der Waals surface area (Å²) in [7, 11) is 1.63. The van der Waals surface area contributed by atoms with Crippen LogP contribution < -0.4 is 4.74 Å². The van der Waals surface area contributed by atoms with Gasteiger partial charge in [0.1, 0.15) is 5.75 Å². The lowest BCUT2D eigenvalue weighted by atomic mass is 10.1. The van der Waals surface area contributed by atoms with Crippen LogP contribution in [0.1, 0.15) is 35.1 Å². The Labute approximate surface area is 156 Å². The SMILES string of the molecule is COc1ccc(CN(Cc2ccc(C)cc2)CC2CCCO2)cc1CO. The predicted octanol–water partition coefficient (Wildman–Crippen LogP) is 3.68. The lowest BCUT2D eigenvalue weighted by molar-refractivity contribution is 0.0679. The van der Waals surface area contributed by atoms with Crippen molar-refractivity contribution in [2.75, 3.05) is 20.3 Å². The summed E-state index contributed by atoms with van der Waals surface area (Å²) in [6, 6.07) is 14.8. The van der Waals surface area contributed by atoms with Crippen molar-refractivity contribution in [2.24, 2.45) is 0 Å². The number of ether oxygens (including phenoxy) is 2. The van der Waals surface area contributed by atoms with E-state index in [2.05, 4.69) is 42.2 Å². The highest BCUT2D eigenvalue weighted by Gasteiger charge is 2.20. The van der Waals surface area contributed by atoms with Gasteiger partial charge in [-0.25, -0.2) is 0 Å². The van der Waals surface area contributed by atoms with Gasteiger partial charge >= 0.3 is 0 Å². The third-order valence-corrected chi connectivity index (χ3v) is 4.93. The summed E-state index contributed by atoms with van der Waals surface area (Å²) in [5.41, 5.74) is 4.60. The van der Waals surface area contributed by atoms with E-state index in [1.54, 1.807) is 7.11 Å². The van der Waals surface area contributed by atoms with E-state index in [0.717, 1.165) is 50.4 Å². The molecule has 3 rings (SSSR count). The topological polar surface area (TPSA) is 41.9 Å². The highest BCUT2D eigenvalue weighted by molar-refractivity contribution is 5.37. The lowest BCUT2D eigenvalue weighted by Crippen LogP contribution is -2.31. The van der Waals surface area contributed by atoms with Gasteiger partial charge in [0.2, 0.25) is 0 Å². The van der Waals surface area contributed by atoms with Crippen LogP contribution >= 0.6 is 0 Å². The maximum atomic E-state index is 9.59. The molecular weight excluding hydrogens is 326 g/mol. The maximum Gasteiger partial charge on any atom is 0.124 e. The molecule has 1 heterocycles. The molecule has 1 aliphatic rings. The van der Waals surface area contributed by atoms with Crippen molar-refractivity contribution in [3.63, 3.8) is 0 Å². The Morgan fingerprint density at radius 3 is 2.50 bits per heavy atom. The molecule has 0 bridgehead atoms. The van der Waals surface area contributed by atoms with Crippen molar-refractivity contribution in [2.45, 2.75) is 45.6 Å². The average Bonchev–Trinajstić information content (AvgIpc) is 3.16. The molecule has 2 aromatic rings.